The topological polar surface area (TPSA) is 12.5 Å². The maximum absolute atomic E-state index is 5.69. The first-order valence-electron chi connectivity index (χ1n) is 4.74. The second-order valence-corrected chi connectivity index (χ2v) is 4.80. The second-order valence-electron chi connectivity index (χ2n) is 3.88. The fourth-order valence-corrected chi connectivity index (χ4v) is 2.09. The monoisotopic (exact) mass is 255 g/mol. The van der Waals surface area contributed by atoms with Gasteiger partial charge in [-0.25, -0.2) is 0 Å². The molecule has 1 aromatic carbocycles. The molecule has 3 heteroatoms. The molecule has 1 atom stereocenters. The van der Waals surface area contributed by atoms with Gasteiger partial charge in [0.1, 0.15) is 12.4 Å². The molecule has 0 N–H and O–H groups in total. The van der Waals surface area contributed by atoms with E-state index in [0.29, 0.717) is 6.04 Å². The van der Waals surface area contributed by atoms with Gasteiger partial charge in [-0.05, 0) is 44.3 Å². The first-order chi connectivity index (χ1) is 6.66. The predicted octanol–water partition coefficient (Wildman–Crippen LogP) is 2.31. The lowest BCUT2D eigenvalue weighted by atomic mass is 10.0. The molecule has 1 unspecified atom stereocenters. The fourth-order valence-electron chi connectivity index (χ4n) is 1.68. The average Bonchev–Trinajstić information content (AvgIpc) is 2.16. The van der Waals surface area contributed by atoms with Crippen LogP contribution in [0, 0.1) is 0 Å². The molecule has 0 aliphatic carbocycles. The van der Waals surface area contributed by atoms with Crippen molar-refractivity contribution in [3.63, 3.8) is 0 Å². The van der Waals surface area contributed by atoms with Crippen molar-refractivity contribution in [2.75, 3.05) is 20.7 Å². The summed E-state index contributed by atoms with van der Waals surface area (Å²) in [5, 5.41) is 0. The third-order valence-corrected chi connectivity index (χ3v) is 3.13. The predicted molar refractivity (Wildman–Crippen MR) is 60.8 cm³/mol. The fraction of sp³-hybridized carbons (Fsp3) is 0.455. The van der Waals surface area contributed by atoms with Gasteiger partial charge in [0.05, 0.1) is 0 Å². The van der Waals surface area contributed by atoms with Crippen molar-refractivity contribution in [1.29, 1.82) is 0 Å². The molecule has 2 nitrogen and oxygen atoms in total. The van der Waals surface area contributed by atoms with Gasteiger partial charge in [0, 0.05) is 10.5 Å². The average molecular weight is 256 g/mol. The van der Waals surface area contributed by atoms with Gasteiger partial charge in [0.15, 0.2) is 0 Å². The van der Waals surface area contributed by atoms with Crippen LogP contribution in [0.3, 0.4) is 0 Å². The lowest BCUT2D eigenvalue weighted by molar-refractivity contribution is 0.165. The smallest absolute Gasteiger partial charge is 0.122 e. The molecule has 0 amide bonds. The third-order valence-electron chi connectivity index (χ3n) is 2.64. The number of ether oxygens (including phenoxy) is 1. The number of likely N-dealkylation sites (N-methyl/N-ethyl adjacent to an activating group) is 1. The van der Waals surface area contributed by atoms with E-state index >= 15 is 0 Å². The Balaban J connectivity index is 2.24. The van der Waals surface area contributed by atoms with Gasteiger partial charge in [0.2, 0.25) is 0 Å². The molecule has 1 aliphatic heterocycles. The lowest BCUT2D eigenvalue weighted by Gasteiger charge is -2.30. The number of benzene rings is 1. The van der Waals surface area contributed by atoms with E-state index in [1.54, 1.807) is 0 Å². The van der Waals surface area contributed by atoms with E-state index < -0.39 is 0 Å². The molecule has 1 aromatic rings. The maximum atomic E-state index is 5.69. The van der Waals surface area contributed by atoms with Gasteiger partial charge in [-0.15, -0.1) is 0 Å². The van der Waals surface area contributed by atoms with E-state index in [-0.39, 0.29) is 0 Å². The maximum Gasteiger partial charge on any atom is 0.122 e. The normalized spacial score (nSPS) is 20.4. The van der Waals surface area contributed by atoms with Crippen LogP contribution >= 0.6 is 15.9 Å². The van der Waals surface area contributed by atoms with E-state index in [2.05, 4.69) is 41.0 Å². The summed E-state index contributed by atoms with van der Waals surface area (Å²) in [6, 6.07) is 6.70. The molecule has 0 saturated carbocycles. The number of hydrogen-bond acceptors (Lipinski definition) is 2. The summed E-state index contributed by atoms with van der Waals surface area (Å²) in [6.07, 6.45) is 1.07. The van der Waals surface area contributed by atoms with Gasteiger partial charge in [-0.1, -0.05) is 15.9 Å². The molecule has 0 bridgehead atoms. The van der Waals surface area contributed by atoms with Crippen LogP contribution in [0.5, 0.6) is 5.75 Å². The summed E-state index contributed by atoms with van der Waals surface area (Å²) in [5.74, 6) is 1.03. The summed E-state index contributed by atoms with van der Waals surface area (Å²) < 4.78 is 6.81. The summed E-state index contributed by atoms with van der Waals surface area (Å²) >= 11 is 3.48. The van der Waals surface area contributed by atoms with Crippen molar-refractivity contribution < 1.29 is 4.74 Å². The second kappa shape index (κ2) is 3.91. The minimum atomic E-state index is 0.497. The minimum Gasteiger partial charge on any atom is -0.492 e. The summed E-state index contributed by atoms with van der Waals surface area (Å²) in [5.41, 5.74) is 1.30. The molecule has 76 valence electrons. The highest BCUT2D eigenvalue weighted by atomic mass is 79.9. The Labute approximate surface area is 93.0 Å². The van der Waals surface area contributed by atoms with E-state index in [9.17, 15) is 0 Å². The number of halogens is 1. The van der Waals surface area contributed by atoms with Crippen molar-refractivity contribution in [2.45, 2.75) is 12.5 Å². The molecule has 0 aromatic heterocycles. The Bertz CT molecular complexity index is 338. The Morgan fingerprint density at radius 3 is 2.93 bits per heavy atom. The van der Waals surface area contributed by atoms with Crippen LogP contribution in [-0.2, 0) is 6.42 Å². The molecule has 0 radical (unpaired) electrons. The van der Waals surface area contributed by atoms with Crippen molar-refractivity contribution in [3.05, 3.63) is 28.2 Å². The van der Waals surface area contributed by atoms with Gasteiger partial charge in [-0.3, -0.25) is 0 Å². The Morgan fingerprint density at radius 2 is 2.21 bits per heavy atom. The van der Waals surface area contributed by atoms with Crippen molar-refractivity contribution in [1.82, 2.24) is 4.90 Å². The van der Waals surface area contributed by atoms with Crippen LogP contribution in [-0.4, -0.2) is 31.6 Å². The summed E-state index contributed by atoms with van der Waals surface area (Å²) in [7, 11) is 4.19. The highest BCUT2D eigenvalue weighted by Gasteiger charge is 2.21. The van der Waals surface area contributed by atoms with Crippen LogP contribution in [0.15, 0.2) is 22.7 Å². The molecule has 1 heterocycles. The third kappa shape index (κ3) is 1.93. The van der Waals surface area contributed by atoms with E-state index in [1.165, 1.54) is 5.56 Å². The number of fused-ring (bicyclic) bond motifs is 1. The zero-order valence-corrected chi connectivity index (χ0v) is 10.0. The Hall–Kier alpha value is -0.540. The molecular weight excluding hydrogens is 242 g/mol. The Kier molecular flexibility index (Phi) is 2.79. The van der Waals surface area contributed by atoms with Crippen molar-refractivity contribution in [3.8, 4) is 5.75 Å². The zero-order chi connectivity index (χ0) is 10.1. The Morgan fingerprint density at radius 1 is 1.43 bits per heavy atom. The van der Waals surface area contributed by atoms with E-state index in [0.717, 1.165) is 23.2 Å². The van der Waals surface area contributed by atoms with Gasteiger partial charge in [0.25, 0.3) is 0 Å². The van der Waals surface area contributed by atoms with Crippen LogP contribution in [0.2, 0.25) is 0 Å². The molecule has 0 spiro atoms. The standard InChI is InChI=1S/C11H14BrNO/c1-13(2)10-6-8-5-9(12)3-4-11(8)14-7-10/h3-5,10H,6-7H2,1-2H3. The largest absolute Gasteiger partial charge is 0.492 e. The molecule has 1 aliphatic rings. The van der Waals surface area contributed by atoms with Crippen LogP contribution < -0.4 is 4.74 Å². The molecule has 0 saturated heterocycles. The summed E-state index contributed by atoms with van der Waals surface area (Å²) in [4.78, 5) is 2.21. The molecular formula is C11H14BrNO. The van der Waals surface area contributed by atoms with E-state index in [1.807, 2.05) is 12.1 Å². The number of nitrogens with zero attached hydrogens (tertiary/aromatic N) is 1. The van der Waals surface area contributed by atoms with Gasteiger partial charge < -0.3 is 9.64 Å². The molecule has 0 fully saturated rings. The molecule has 14 heavy (non-hydrogen) atoms. The van der Waals surface area contributed by atoms with Crippen molar-refractivity contribution >= 4 is 15.9 Å². The highest BCUT2D eigenvalue weighted by Crippen LogP contribution is 2.28. The van der Waals surface area contributed by atoms with Crippen molar-refractivity contribution in [2.24, 2.45) is 0 Å². The first-order valence-corrected chi connectivity index (χ1v) is 5.54. The highest BCUT2D eigenvalue weighted by molar-refractivity contribution is 9.10. The van der Waals surface area contributed by atoms with Crippen LogP contribution in [0.4, 0.5) is 0 Å². The number of rotatable bonds is 1. The van der Waals surface area contributed by atoms with Gasteiger partial charge >= 0.3 is 0 Å². The van der Waals surface area contributed by atoms with Crippen LogP contribution in [0.25, 0.3) is 0 Å². The van der Waals surface area contributed by atoms with Gasteiger partial charge in [-0.2, -0.15) is 0 Å². The zero-order valence-electron chi connectivity index (χ0n) is 8.46. The molecule has 2 rings (SSSR count). The minimum absolute atomic E-state index is 0.497. The summed E-state index contributed by atoms with van der Waals surface area (Å²) in [6.45, 7) is 0.793. The van der Waals surface area contributed by atoms with E-state index in [4.69, 9.17) is 4.74 Å². The van der Waals surface area contributed by atoms with Crippen LogP contribution in [0.1, 0.15) is 5.56 Å². The number of hydrogen-bond donors (Lipinski definition) is 0. The first kappa shape index (κ1) is 9.99. The quantitative estimate of drug-likeness (QED) is 0.764. The lowest BCUT2D eigenvalue weighted by Crippen LogP contribution is -2.38. The SMILES string of the molecule is CN(C)C1COc2ccc(Br)cc2C1.